The predicted molar refractivity (Wildman–Crippen MR) is 97.4 cm³/mol. The van der Waals surface area contributed by atoms with Gasteiger partial charge in [0.2, 0.25) is 10.0 Å². The largest absolute Gasteiger partial charge is 0.490 e. The van der Waals surface area contributed by atoms with Crippen LogP contribution in [0.5, 0.6) is 5.75 Å². The molecule has 0 fully saturated rings. The Balaban J connectivity index is 1.74. The van der Waals surface area contributed by atoms with Crippen molar-refractivity contribution in [1.82, 2.24) is 0 Å². The van der Waals surface area contributed by atoms with Gasteiger partial charge in [0.15, 0.2) is 0 Å². The molecule has 132 valence electrons. The molecule has 0 spiro atoms. The van der Waals surface area contributed by atoms with E-state index in [-0.39, 0.29) is 18.1 Å². The lowest BCUT2D eigenvalue weighted by Crippen LogP contribution is -2.12. The van der Waals surface area contributed by atoms with Crippen LogP contribution in [0.4, 0.5) is 0 Å². The zero-order chi connectivity index (χ0) is 18.3. The third-order valence-corrected chi connectivity index (χ3v) is 4.43. The van der Waals surface area contributed by atoms with Gasteiger partial charge in [0.1, 0.15) is 19.0 Å². The molecule has 0 saturated heterocycles. The van der Waals surface area contributed by atoms with Gasteiger partial charge < -0.3 is 9.47 Å². The van der Waals surface area contributed by atoms with E-state index in [1.807, 2.05) is 24.3 Å². The van der Waals surface area contributed by atoms with Crippen LogP contribution in [0.1, 0.15) is 5.56 Å². The number of nitrogens with two attached hydrogens (primary N) is 1. The van der Waals surface area contributed by atoms with Gasteiger partial charge in [-0.15, -0.1) is 0 Å². The van der Waals surface area contributed by atoms with Gasteiger partial charge in [0, 0.05) is 10.5 Å². The molecule has 0 aliphatic heterocycles. The average Bonchev–Trinajstić information content (AvgIpc) is 2.57. The van der Waals surface area contributed by atoms with E-state index in [0.717, 1.165) is 10.0 Å². The maximum atomic E-state index is 11.6. The van der Waals surface area contributed by atoms with E-state index in [0.29, 0.717) is 5.75 Å². The monoisotopic (exact) mass is 425 g/mol. The smallest absolute Gasteiger partial charge is 0.330 e. The number of benzene rings is 2. The van der Waals surface area contributed by atoms with Crippen molar-refractivity contribution >= 4 is 38.0 Å². The van der Waals surface area contributed by atoms with E-state index in [2.05, 4.69) is 15.9 Å². The highest BCUT2D eigenvalue weighted by atomic mass is 79.9. The summed E-state index contributed by atoms with van der Waals surface area (Å²) in [5.41, 5.74) is 0.873. The van der Waals surface area contributed by atoms with Crippen molar-refractivity contribution in [3.8, 4) is 5.75 Å². The Morgan fingerprint density at radius 2 is 1.84 bits per heavy atom. The van der Waals surface area contributed by atoms with Crippen LogP contribution in [0.25, 0.3) is 6.08 Å². The van der Waals surface area contributed by atoms with Gasteiger partial charge in [0.25, 0.3) is 0 Å². The minimum absolute atomic E-state index is 0.00367. The topological polar surface area (TPSA) is 95.7 Å². The lowest BCUT2D eigenvalue weighted by molar-refractivity contribution is -0.138. The second-order valence-corrected chi connectivity index (χ2v) is 7.40. The Bertz CT molecular complexity index is 863. The normalized spacial score (nSPS) is 11.4. The van der Waals surface area contributed by atoms with E-state index in [4.69, 9.17) is 14.6 Å². The summed E-state index contributed by atoms with van der Waals surface area (Å²) in [5, 5.41) is 5.01. The molecule has 6 nitrogen and oxygen atoms in total. The molecule has 0 unspecified atom stereocenters. The first-order valence-electron chi connectivity index (χ1n) is 7.21. The van der Waals surface area contributed by atoms with Crippen molar-refractivity contribution in [1.29, 1.82) is 0 Å². The summed E-state index contributed by atoms with van der Waals surface area (Å²) in [7, 11) is -3.72. The Labute approximate surface area is 154 Å². The van der Waals surface area contributed by atoms with Crippen molar-refractivity contribution < 1.29 is 22.7 Å². The zero-order valence-electron chi connectivity index (χ0n) is 13.1. The van der Waals surface area contributed by atoms with Crippen LogP contribution in [0.3, 0.4) is 0 Å². The number of carbonyl (C=O) groups is 1. The van der Waals surface area contributed by atoms with E-state index >= 15 is 0 Å². The zero-order valence-corrected chi connectivity index (χ0v) is 15.5. The molecule has 0 amide bonds. The fourth-order valence-corrected chi connectivity index (χ4v) is 2.78. The molecule has 25 heavy (non-hydrogen) atoms. The van der Waals surface area contributed by atoms with Gasteiger partial charge in [-0.25, -0.2) is 18.4 Å². The summed E-state index contributed by atoms with van der Waals surface area (Å²) in [6.45, 7) is 0.212. The molecule has 2 rings (SSSR count). The number of hydrogen-bond acceptors (Lipinski definition) is 5. The van der Waals surface area contributed by atoms with Gasteiger partial charge in [0.05, 0.1) is 4.90 Å². The second-order valence-electron chi connectivity index (χ2n) is 4.92. The Morgan fingerprint density at radius 1 is 1.12 bits per heavy atom. The minimum atomic E-state index is -3.72. The number of primary sulfonamides is 1. The van der Waals surface area contributed by atoms with Crippen LogP contribution in [-0.4, -0.2) is 27.6 Å². The van der Waals surface area contributed by atoms with Gasteiger partial charge in [-0.2, -0.15) is 0 Å². The maximum absolute atomic E-state index is 11.6. The van der Waals surface area contributed by atoms with E-state index in [1.54, 1.807) is 6.08 Å². The molecule has 0 heterocycles. The summed E-state index contributed by atoms with van der Waals surface area (Å²) in [6.07, 6.45) is 2.99. The van der Waals surface area contributed by atoms with Crippen LogP contribution < -0.4 is 9.88 Å². The molecule has 2 aromatic carbocycles. The Morgan fingerprint density at radius 3 is 2.48 bits per heavy atom. The Hall–Kier alpha value is -2.16. The summed E-state index contributed by atoms with van der Waals surface area (Å²) >= 11 is 3.35. The Kier molecular flexibility index (Phi) is 6.74. The predicted octanol–water partition coefficient (Wildman–Crippen LogP) is 2.73. The molecule has 0 aliphatic carbocycles. The summed E-state index contributed by atoms with van der Waals surface area (Å²) in [4.78, 5) is 11.6. The molecular formula is C17H16BrNO5S. The van der Waals surface area contributed by atoms with E-state index < -0.39 is 16.0 Å². The first-order chi connectivity index (χ1) is 11.8. The maximum Gasteiger partial charge on any atom is 0.330 e. The minimum Gasteiger partial charge on any atom is -0.490 e. The van der Waals surface area contributed by atoms with E-state index in [9.17, 15) is 13.2 Å². The van der Waals surface area contributed by atoms with Crippen LogP contribution in [0, 0.1) is 0 Å². The molecule has 8 heteroatoms. The first kappa shape index (κ1) is 19.2. The third kappa shape index (κ3) is 6.69. The van der Waals surface area contributed by atoms with Crippen LogP contribution in [0.2, 0.25) is 0 Å². The van der Waals surface area contributed by atoms with Gasteiger partial charge in [-0.1, -0.05) is 28.1 Å². The number of ether oxygens (including phenoxy) is 2. The molecule has 0 saturated carbocycles. The first-order valence-corrected chi connectivity index (χ1v) is 9.54. The highest BCUT2D eigenvalue weighted by Crippen LogP contribution is 2.15. The number of rotatable bonds is 7. The van der Waals surface area contributed by atoms with Crippen molar-refractivity contribution in [2.24, 2.45) is 5.14 Å². The second kappa shape index (κ2) is 8.80. The molecule has 0 bridgehead atoms. The molecule has 0 atom stereocenters. The molecule has 0 aromatic heterocycles. The molecular weight excluding hydrogens is 410 g/mol. The highest BCUT2D eigenvalue weighted by Gasteiger charge is 2.07. The van der Waals surface area contributed by atoms with Crippen LogP contribution >= 0.6 is 15.9 Å². The van der Waals surface area contributed by atoms with Gasteiger partial charge >= 0.3 is 5.97 Å². The third-order valence-electron chi connectivity index (χ3n) is 3.01. The van der Waals surface area contributed by atoms with Crippen molar-refractivity contribution in [2.45, 2.75) is 4.90 Å². The van der Waals surface area contributed by atoms with Crippen molar-refractivity contribution in [3.05, 3.63) is 64.6 Å². The summed E-state index contributed by atoms with van der Waals surface area (Å²) < 4.78 is 33.6. The highest BCUT2D eigenvalue weighted by molar-refractivity contribution is 9.10. The molecule has 0 aliphatic rings. The number of sulfonamides is 1. The number of halogens is 1. The number of esters is 1. The van der Waals surface area contributed by atoms with Crippen molar-refractivity contribution in [3.63, 3.8) is 0 Å². The van der Waals surface area contributed by atoms with Crippen molar-refractivity contribution in [2.75, 3.05) is 13.2 Å². The quantitative estimate of drug-likeness (QED) is 0.417. The number of hydrogen-bond donors (Lipinski definition) is 1. The molecule has 0 radical (unpaired) electrons. The van der Waals surface area contributed by atoms with E-state index in [1.165, 1.54) is 30.3 Å². The fraction of sp³-hybridized carbons (Fsp3) is 0.118. The lowest BCUT2D eigenvalue weighted by atomic mass is 10.2. The summed E-state index contributed by atoms with van der Waals surface area (Å²) in [5.74, 6) is -0.0266. The van der Waals surface area contributed by atoms with Crippen LogP contribution in [-0.2, 0) is 19.6 Å². The SMILES string of the molecule is NS(=O)(=O)c1ccc(OCCOC(=O)/C=C/c2cccc(Br)c2)cc1. The van der Waals surface area contributed by atoms with Gasteiger partial charge in [-0.3, -0.25) is 0 Å². The fourth-order valence-electron chi connectivity index (χ4n) is 1.85. The average molecular weight is 426 g/mol. The van der Waals surface area contributed by atoms with Gasteiger partial charge in [-0.05, 0) is 48.0 Å². The van der Waals surface area contributed by atoms with Crippen LogP contribution in [0.15, 0.2) is 64.0 Å². The molecule has 2 N–H and O–H groups in total. The number of carbonyl (C=O) groups excluding carboxylic acids is 1. The standard InChI is InChI=1S/C17H16BrNO5S/c18-14-3-1-2-13(12-14)4-9-17(20)24-11-10-23-15-5-7-16(8-6-15)25(19,21)22/h1-9,12H,10-11H2,(H2,19,21,22)/b9-4+. The lowest BCUT2D eigenvalue weighted by Gasteiger charge is -2.07. The summed E-state index contributed by atoms with van der Waals surface area (Å²) in [6, 6.07) is 13.1. The molecule has 2 aromatic rings.